The molecule has 4 rings (SSSR count). The van der Waals surface area contributed by atoms with Crippen molar-refractivity contribution in [2.24, 2.45) is 5.73 Å². The third-order valence-electron chi connectivity index (χ3n) is 4.96. The number of fused-ring (bicyclic) bond motifs is 1. The van der Waals surface area contributed by atoms with Gasteiger partial charge in [0.2, 0.25) is 5.95 Å². The third-order valence-corrected chi connectivity index (χ3v) is 5.56. The second-order valence-electron chi connectivity index (χ2n) is 7.09. The lowest BCUT2D eigenvalue weighted by Gasteiger charge is -2.19. The summed E-state index contributed by atoms with van der Waals surface area (Å²) in [5, 5.41) is 2.97. The molecule has 1 unspecified atom stereocenters. The van der Waals surface area contributed by atoms with Crippen LogP contribution in [0.3, 0.4) is 0 Å². The van der Waals surface area contributed by atoms with Crippen molar-refractivity contribution >= 4 is 44.3 Å². The first-order chi connectivity index (χ1) is 14.7. The largest absolute Gasteiger partial charge is 0.496 e. The average Bonchev–Trinajstić information content (AvgIpc) is 3.16. The summed E-state index contributed by atoms with van der Waals surface area (Å²) in [7, 11) is 1.17. The van der Waals surface area contributed by atoms with E-state index in [1.165, 1.54) is 25.4 Å². The predicted octanol–water partition coefficient (Wildman–Crippen LogP) is 3.39. The van der Waals surface area contributed by atoms with Crippen LogP contribution >= 0.6 is 15.9 Å². The van der Waals surface area contributed by atoms with Crippen LogP contribution in [0.1, 0.15) is 12.0 Å². The molecule has 8 nitrogen and oxygen atoms in total. The number of nitrogens with zero attached hydrogens (tertiary/aromatic N) is 3. The van der Waals surface area contributed by atoms with Crippen LogP contribution in [-0.4, -0.2) is 41.2 Å². The summed E-state index contributed by atoms with van der Waals surface area (Å²) in [5.74, 6) is 0.109. The van der Waals surface area contributed by atoms with Gasteiger partial charge in [0.05, 0.1) is 22.7 Å². The van der Waals surface area contributed by atoms with E-state index in [2.05, 4.69) is 36.2 Å². The zero-order valence-electron chi connectivity index (χ0n) is 16.3. The molecule has 164 valence electrons. The van der Waals surface area contributed by atoms with Crippen LogP contribution in [0.4, 0.5) is 30.6 Å². The highest BCUT2D eigenvalue weighted by Gasteiger charge is 2.34. The molecule has 0 saturated carbocycles. The molecule has 0 aliphatic carbocycles. The van der Waals surface area contributed by atoms with Crippen LogP contribution in [0.5, 0.6) is 5.75 Å². The monoisotopic (exact) mass is 498 g/mol. The Kier molecular flexibility index (Phi) is 5.52. The minimum Gasteiger partial charge on any atom is -0.496 e. The van der Waals surface area contributed by atoms with Gasteiger partial charge in [-0.2, -0.15) is 18.2 Å². The Balaban J connectivity index is 1.85. The first kappa shape index (κ1) is 21.4. The van der Waals surface area contributed by atoms with Gasteiger partial charge in [-0.3, -0.25) is 4.79 Å². The first-order valence-electron chi connectivity index (χ1n) is 9.29. The van der Waals surface area contributed by atoms with E-state index in [0.717, 1.165) is 12.5 Å². The van der Waals surface area contributed by atoms with Crippen LogP contribution in [0.25, 0.3) is 10.9 Å². The fourth-order valence-corrected chi connectivity index (χ4v) is 3.85. The van der Waals surface area contributed by atoms with Gasteiger partial charge in [0.15, 0.2) is 0 Å². The number of anilines is 3. The molecule has 3 aromatic rings. The topological polar surface area (TPSA) is 109 Å². The van der Waals surface area contributed by atoms with E-state index in [1.807, 2.05) is 4.90 Å². The van der Waals surface area contributed by atoms with Crippen LogP contribution in [-0.2, 0) is 6.18 Å². The van der Waals surface area contributed by atoms with Crippen LogP contribution in [0, 0.1) is 0 Å². The van der Waals surface area contributed by atoms with Gasteiger partial charge in [0.25, 0.3) is 5.56 Å². The summed E-state index contributed by atoms with van der Waals surface area (Å²) in [5.41, 5.74) is 4.99. The Hall–Kier alpha value is -2.86. The number of ether oxygens (including phenoxy) is 1. The molecule has 4 N–H and O–H groups in total. The number of hydrogen-bond donors (Lipinski definition) is 3. The molecule has 1 atom stereocenters. The van der Waals surface area contributed by atoms with Gasteiger partial charge in [-0.05, 0) is 40.5 Å². The maximum absolute atomic E-state index is 13.4. The van der Waals surface area contributed by atoms with E-state index in [4.69, 9.17) is 10.5 Å². The molecule has 1 saturated heterocycles. The number of halogens is 4. The standard InChI is InChI=1S/C19H18BrF3N6O2/c1-31-13-3-2-10(6-11(13)19(21,22)23)26-16-14-15(12(20)7-25-17(14)30)27-18(28-16)29-5-4-9(24)8-29/h2-3,6-7,9H,4-5,8,24H2,1H3,(H,25,30)(H,26,27,28). The smallest absolute Gasteiger partial charge is 0.420 e. The van der Waals surface area contributed by atoms with E-state index >= 15 is 0 Å². The number of methoxy groups -OCH3 is 1. The Labute approximate surface area is 182 Å². The normalized spacial score (nSPS) is 16.7. The number of rotatable bonds is 4. The summed E-state index contributed by atoms with van der Waals surface area (Å²) in [6, 6.07) is 3.49. The number of H-pyrrole nitrogens is 1. The lowest BCUT2D eigenvalue weighted by molar-refractivity contribution is -0.138. The van der Waals surface area contributed by atoms with Crippen molar-refractivity contribution in [1.82, 2.24) is 15.0 Å². The zero-order valence-corrected chi connectivity index (χ0v) is 17.8. The number of nitrogens with one attached hydrogen (secondary N) is 2. The van der Waals surface area contributed by atoms with E-state index in [1.54, 1.807) is 0 Å². The summed E-state index contributed by atoms with van der Waals surface area (Å²) in [6.45, 7) is 1.17. The van der Waals surface area contributed by atoms with Gasteiger partial charge >= 0.3 is 6.18 Å². The summed E-state index contributed by atoms with van der Waals surface area (Å²) < 4.78 is 45.6. The molecule has 1 aliphatic heterocycles. The number of pyridine rings is 1. The van der Waals surface area contributed by atoms with Crippen molar-refractivity contribution in [2.75, 3.05) is 30.4 Å². The molecule has 1 aliphatic rings. The minimum absolute atomic E-state index is 0.0331. The second kappa shape index (κ2) is 8.00. The zero-order chi connectivity index (χ0) is 22.3. The van der Waals surface area contributed by atoms with E-state index < -0.39 is 17.3 Å². The first-order valence-corrected chi connectivity index (χ1v) is 10.1. The minimum atomic E-state index is -4.62. The van der Waals surface area contributed by atoms with Gasteiger partial charge < -0.3 is 25.7 Å². The number of alkyl halides is 3. The molecule has 0 radical (unpaired) electrons. The molecule has 0 bridgehead atoms. The molecule has 31 heavy (non-hydrogen) atoms. The highest BCUT2D eigenvalue weighted by Crippen LogP contribution is 2.38. The lowest BCUT2D eigenvalue weighted by atomic mass is 10.1. The summed E-state index contributed by atoms with van der Waals surface area (Å²) in [6.07, 6.45) is -2.40. The quantitative estimate of drug-likeness (QED) is 0.505. The molecule has 12 heteroatoms. The van der Waals surface area contributed by atoms with Gasteiger partial charge in [0, 0.05) is 31.0 Å². The van der Waals surface area contributed by atoms with Gasteiger partial charge in [-0.25, -0.2) is 4.98 Å². The summed E-state index contributed by atoms with van der Waals surface area (Å²) >= 11 is 3.37. The Morgan fingerprint density at radius 2 is 2.13 bits per heavy atom. The lowest BCUT2D eigenvalue weighted by Crippen LogP contribution is -2.28. The fraction of sp³-hybridized carbons (Fsp3) is 0.316. The number of aromatic nitrogens is 3. The third kappa shape index (κ3) is 4.17. The van der Waals surface area contributed by atoms with Gasteiger partial charge in [-0.15, -0.1) is 0 Å². The molecule has 0 amide bonds. The van der Waals surface area contributed by atoms with Crippen molar-refractivity contribution in [2.45, 2.75) is 18.6 Å². The highest BCUT2D eigenvalue weighted by atomic mass is 79.9. The van der Waals surface area contributed by atoms with Crippen molar-refractivity contribution in [3.63, 3.8) is 0 Å². The van der Waals surface area contributed by atoms with Crippen molar-refractivity contribution in [3.05, 3.63) is 44.8 Å². The highest BCUT2D eigenvalue weighted by molar-refractivity contribution is 9.10. The molecule has 1 fully saturated rings. The molecule has 1 aromatic carbocycles. The number of benzene rings is 1. The summed E-state index contributed by atoms with van der Waals surface area (Å²) in [4.78, 5) is 25.9. The number of aromatic amines is 1. The van der Waals surface area contributed by atoms with Crippen molar-refractivity contribution in [3.8, 4) is 5.75 Å². The maximum atomic E-state index is 13.4. The van der Waals surface area contributed by atoms with Crippen molar-refractivity contribution < 1.29 is 17.9 Å². The molecular formula is C19H18BrF3N6O2. The Morgan fingerprint density at radius 1 is 1.35 bits per heavy atom. The van der Waals surface area contributed by atoms with Gasteiger partial charge in [0.1, 0.15) is 17.0 Å². The van der Waals surface area contributed by atoms with Crippen LogP contribution in [0.2, 0.25) is 0 Å². The SMILES string of the molecule is COc1ccc(Nc2nc(N3CCC(N)C3)nc3c(Br)c[nH]c(=O)c23)cc1C(F)(F)F. The Morgan fingerprint density at radius 3 is 2.77 bits per heavy atom. The fourth-order valence-electron chi connectivity index (χ4n) is 3.45. The molecular weight excluding hydrogens is 481 g/mol. The predicted molar refractivity (Wildman–Crippen MR) is 114 cm³/mol. The van der Waals surface area contributed by atoms with Crippen LogP contribution in [0.15, 0.2) is 33.7 Å². The molecule has 2 aromatic heterocycles. The molecule has 0 spiro atoms. The van der Waals surface area contributed by atoms with E-state index in [-0.39, 0.29) is 28.7 Å². The van der Waals surface area contributed by atoms with E-state index in [0.29, 0.717) is 29.0 Å². The van der Waals surface area contributed by atoms with Crippen LogP contribution < -0.4 is 26.2 Å². The second-order valence-corrected chi connectivity index (χ2v) is 7.95. The van der Waals surface area contributed by atoms with Gasteiger partial charge in [-0.1, -0.05) is 0 Å². The van der Waals surface area contributed by atoms with E-state index in [9.17, 15) is 18.0 Å². The maximum Gasteiger partial charge on any atom is 0.420 e. The number of nitrogens with two attached hydrogens (primary N) is 1. The van der Waals surface area contributed by atoms with Crippen molar-refractivity contribution in [1.29, 1.82) is 0 Å². The Bertz CT molecular complexity index is 1200. The average molecular weight is 499 g/mol. The molecule has 3 heterocycles. The number of hydrogen-bond acceptors (Lipinski definition) is 7.